The fourth-order valence-electron chi connectivity index (χ4n) is 3.71. The lowest BCUT2D eigenvalue weighted by Crippen LogP contribution is -2.45. The van der Waals surface area contributed by atoms with Gasteiger partial charge in [-0.25, -0.2) is 4.98 Å². The molecule has 3 atom stereocenters. The number of para-hydroxylation sites is 3. The summed E-state index contributed by atoms with van der Waals surface area (Å²) in [4.78, 5) is 45.9. The number of imidazole rings is 1. The number of hydrogen-bond acceptors (Lipinski definition) is 4. The van der Waals surface area contributed by atoms with Crippen molar-refractivity contribution in [1.29, 1.82) is 0 Å². The molecule has 0 radical (unpaired) electrons. The number of rotatable bonds is 6. The minimum Gasteiger partial charge on any atom is -0.346 e. The first-order valence-electron chi connectivity index (χ1n) is 10.4. The summed E-state index contributed by atoms with van der Waals surface area (Å²) < 4.78 is 0. The van der Waals surface area contributed by atoms with Crippen molar-refractivity contribution in [3.05, 3.63) is 59.9 Å². The molecule has 2 heterocycles. The van der Waals surface area contributed by atoms with Crippen LogP contribution >= 0.6 is 0 Å². The Hall–Kier alpha value is -3.68. The molecule has 0 saturated carbocycles. The summed E-state index contributed by atoms with van der Waals surface area (Å²) in [6, 6.07) is 13.1. The number of aromatic nitrogens is 2. The molecule has 1 aliphatic rings. The van der Waals surface area contributed by atoms with E-state index in [1.165, 1.54) is 0 Å². The van der Waals surface area contributed by atoms with Gasteiger partial charge in [-0.15, -0.1) is 0 Å². The molecule has 0 saturated heterocycles. The van der Waals surface area contributed by atoms with Crippen molar-refractivity contribution in [3.63, 3.8) is 0 Å². The molecule has 8 nitrogen and oxygen atoms in total. The number of H-pyrrole nitrogens is 1. The van der Waals surface area contributed by atoms with Crippen LogP contribution in [0.1, 0.15) is 48.9 Å². The Labute approximate surface area is 179 Å². The van der Waals surface area contributed by atoms with E-state index in [4.69, 9.17) is 0 Å². The van der Waals surface area contributed by atoms with Crippen LogP contribution in [0, 0.1) is 5.92 Å². The molecule has 0 aliphatic carbocycles. The molecule has 0 unspecified atom stereocenters. The Kier molecular flexibility index (Phi) is 5.70. The van der Waals surface area contributed by atoms with Crippen molar-refractivity contribution in [3.8, 4) is 0 Å². The number of fused-ring (bicyclic) bond motifs is 2. The summed E-state index contributed by atoms with van der Waals surface area (Å²) in [7, 11) is 0. The summed E-state index contributed by atoms with van der Waals surface area (Å²) in [5.41, 5.74) is 2.53. The van der Waals surface area contributed by atoms with E-state index in [0.717, 1.165) is 17.5 Å². The van der Waals surface area contributed by atoms with Crippen LogP contribution in [0.25, 0.3) is 11.0 Å². The van der Waals surface area contributed by atoms with Crippen molar-refractivity contribution in [2.75, 3.05) is 5.32 Å². The third kappa shape index (κ3) is 4.28. The van der Waals surface area contributed by atoms with E-state index >= 15 is 0 Å². The van der Waals surface area contributed by atoms with Crippen LogP contribution in [0.15, 0.2) is 48.5 Å². The second-order valence-electron chi connectivity index (χ2n) is 7.83. The molecule has 160 valence electrons. The van der Waals surface area contributed by atoms with Gasteiger partial charge in [0.15, 0.2) is 0 Å². The van der Waals surface area contributed by atoms with Crippen LogP contribution in [-0.2, 0) is 9.59 Å². The van der Waals surface area contributed by atoms with Crippen LogP contribution in [0.3, 0.4) is 0 Å². The largest absolute Gasteiger partial charge is 0.346 e. The summed E-state index contributed by atoms with van der Waals surface area (Å²) >= 11 is 0. The van der Waals surface area contributed by atoms with Gasteiger partial charge in [0.05, 0.1) is 34.7 Å². The van der Waals surface area contributed by atoms with Gasteiger partial charge in [0.1, 0.15) is 11.9 Å². The van der Waals surface area contributed by atoms with E-state index in [0.29, 0.717) is 17.1 Å². The number of amides is 3. The number of hydrogen-bond donors (Lipinski definition) is 4. The zero-order valence-electron chi connectivity index (χ0n) is 17.4. The first-order valence-corrected chi connectivity index (χ1v) is 10.4. The second kappa shape index (κ2) is 8.59. The van der Waals surface area contributed by atoms with Crippen molar-refractivity contribution >= 4 is 34.4 Å². The zero-order chi connectivity index (χ0) is 22.0. The number of aromatic amines is 1. The fraction of sp³-hybridized carbons (Fsp3) is 0.304. The number of nitrogens with zero attached hydrogens (tertiary/aromatic N) is 1. The Morgan fingerprint density at radius 3 is 2.65 bits per heavy atom. The van der Waals surface area contributed by atoms with Gasteiger partial charge in [-0.3, -0.25) is 14.4 Å². The van der Waals surface area contributed by atoms with E-state index in [1.807, 2.05) is 38.1 Å². The molecule has 0 bridgehead atoms. The average molecular weight is 419 g/mol. The van der Waals surface area contributed by atoms with E-state index in [-0.39, 0.29) is 30.2 Å². The van der Waals surface area contributed by atoms with Gasteiger partial charge < -0.3 is 20.9 Å². The SMILES string of the molecule is CC[C@H](C)[C@H](NC(=O)C[C@@H]1NC(=O)c2ccccc2NC1=O)c1nc2ccccc2[nH]1. The van der Waals surface area contributed by atoms with Crippen LogP contribution in [0.2, 0.25) is 0 Å². The molecular formula is C23H25N5O3. The molecule has 1 aliphatic heterocycles. The van der Waals surface area contributed by atoms with Crippen LogP contribution in [0.4, 0.5) is 5.69 Å². The third-order valence-corrected chi connectivity index (χ3v) is 5.67. The van der Waals surface area contributed by atoms with Gasteiger partial charge in [-0.05, 0) is 30.2 Å². The highest BCUT2D eigenvalue weighted by Crippen LogP contribution is 2.25. The predicted molar refractivity (Wildman–Crippen MR) is 117 cm³/mol. The molecule has 4 N–H and O–H groups in total. The van der Waals surface area contributed by atoms with Crippen molar-refractivity contribution in [2.24, 2.45) is 5.92 Å². The van der Waals surface area contributed by atoms with Gasteiger partial charge in [0.25, 0.3) is 5.91 Å². The number of benzene rings is 2. The summed E-state index contributed by atoms with van der Waals surface area (Å²) in [6.07, 6.45) is 0.663. The average Bonchev–Trinajstić information content (AvgIpc) is 3.15. The Balaban J connectivity index is 1.50. The second-order valence-corrected chi connectivity index (χ2v) is 7.83. The fourth-order valence-corrected chi connectivity index (χ4v) is 3.71. The predicted octanol–water partition coefficient (Wildman–Crippen LogP) is 2.91. The molecule has 8 heteroatoms. The first kappa shape index (κ1) is 20.6. The maximum Gasteiger partial charge on any atom is 0.254 e. The maximum absolute atomic E-state index is 12.9. The smallest absolute Gasteiger partial charge is 0.254 e. The molecule has 31 heavy (non-hydrogen) atoms. The van der Waals surface area contributed by atoms with Crippen molar-refractivity contribution < 1.29 is 14.4 Å². The monoisotopic (exact) mass is 419 g/mol. The van der Waals surface area contributed by atoms with Crippen LogP contribution in [0.5, 0.6) is 0 Å². The highest BCUT2D eigenvalue weighted by atomic mass is 16.2. The molecule has 3 aromatic rings. The Morgan fingerprint density at radius 1 is 1.13 bits per heavy atom. The summed E-state index contributed by atoms with van der Waals surface area (Å²) in [5, 5.41) is 8.39. The Bertz CT molecular complexity index is 1110. The lowest BCUT2D eigenvalue weighted by Gasteiger charge is -2.23. The molecule has 1 aromatic heterocycles. The van der Waals surface area contributed by atoms with Gasteiger partial charge in [-0.1, -0.05) is 44.5 Å². The lowest BCUT2D eigenvalue weighted by molar-refractivity contribution is -0.126. The molecule has 3 amide bonds. The van der Waals surface area contributed by atoms with Gasteiger partial charge in [0.2, 0.25) is 11.8 Å². The lowest BCUT2D eigenvalue weighted by atomic mass is 9.98. The standard InChI is InChI=1S/C23H25N5O3/c1-3-13(2)20(21-24-16-10-6-7-11-17(16)25-21)28-19(29)12-18-23(31)26-15-9-5-4-8-14(15)22(30)27-18/h4-11,13,18,20H,3,12H2,1-2H3,(H,24,25)(H,26,31)(H,27,30)(H,28,29)/t13-,18-,20-/m0/s1. The highest BCUT2D eigenvalue weighted by molar-refractivity contribution is 6.10. The van der Waals surface area contributed by atoms with E-state index in [9.17, 15) is 14.4 Å². The molecule has 0 fully saturated rings. The zero-order valence-corrected chi connectivity index (χ0v) is 17.4. The number of nitrogens with one attached hydrogen (secondary N) is 4. The van der Waals surface area contributed by atoms with Gasteiger partial charge in [0, 0.05) is 0 Å². The summed E-state index contributed by atoms with van der Waals surface area (Å²) in [5.74, 6) is -0.353. The van der Waals surface area contributed by atoms with Gasteiger partial charge >= 0.3 is 0 Å². The number of anilines is 1. The summed E-state index contributed by atoms with van der Waals surface area (Å²) in [6.45, 7) is 4.08. The van der Waals surface area contributed by atoms with Crippen LogP contribution < -0.4 is 16.0 Å². The van der Waals surface area contributed by atoms with Crippen molar-refractivity contribution in [1.82, 2.24) is 20.6 Å². The molecule has 4 rings (SSSR count). The highest BCUT2D eigenvalue weighted by Gasteiger charge is 2.31. The van der Waals surface area contributed by atoms with Crippen molar-refractivity contribution in [2.45, 2.75) is 38.8 Å². The quantitative estimate of drug-likeness (QED) is 0.492. The van der Waals surface area contributed by atoms with E-state index in [2.05, 4.69) is 25.9 Å². The third-order valence-electron chi connectivity index (χ3n) is 5.67. The van der Waals surface area contributed by atoms with Gasteiger partial charge in [-0.2, -0.15) is 0 Å². The minimum atomic E-state index is -0.965. The number of carbonyl (C=O) groups excluding carboxylic acids is 3. The molecular weight excluding hydrogens is 394 g/mol. The first-order chi connectivity index (χ1) is 15.0. The molecule has 0 spiro atoms. The van der Waals surface area contributed by atoms with Crippen LogP contribution in [-0.4, -0.2) is 33.7 Å². The topological polar surface area (TPSA) is 116 Å². The maximum atomic E-state index is 12.9. The minimum absolute atomic E-state index is 0.117. The van der Waals surface area contributed by atoms with E-state index in [1.54, 1.807) is 24.3 Å². The normalized spacial score (nSPS) is 17.8. The van der Waals surface area contributed by atoms with E-state index < -0.39 is 11.9 Å². The number of carbonyl (C=O) groups is 3. The Morgan fingerprint density at radius 2 is 1.87 bits per heavy atom. The molecule has 2 aromatic carbocycles.